The van der Waals surface area contributed by atoms with Gasteiger partial charge in [-0.2, -0.15) is 0 Å². The highest BCUT2D eigenvalue weighted by atomic mass is 16.2. The highest BCUT2D eigenvalue weighted by molar-refractivity contribution is 6.22. The van der Waals surface area contributed by atoms with E-state index in [4.69, 9.17) is 4.99 Å². The molecule has 0 aliphatic carbocycles. The lowest BCUT2D eigenvalue weighted by Crippen LogP contribution is -2.53. The predicted molar refractivity (Wildman–Crippen MR) is 145 cm³/mol. The Balaban J connectivity index is 1.38. The Bertz CT molecular complexity index is 1270. The number of hydrogen-bond donors (Lipinski definition) is 0. The quantitative estimate of drug-likeness (QED) is 0.499. The van der Waals surface area contributed by atoms with E-state index in [9.17, 15) is 9.59 Å². The molecule has 5 rings (SSSR count). The molecule has 1 amide bonds. The molecule has 0 radical (unpaired) electrons. The van der Waals surface area contributed by atoms with E-state index in [-0.39, 0.29) is 11.7 Å². The number of hydrogen-bond acceptors (Lipinski definition) is 5. The van der Waals surface area contributed by atoms with E-state index >= 15 is 0 Å². The van der Waals surface area contributed by atoms with Gasteiger partial charge in [-0.25, -0.2) is 9.89 Å². The van der Waals surface area contributed by atoms with Gasteiger partial charge in [0.05, 0.1) is 5.69 Å². The Kier molecular flexibility index (Phi) is 6.59. The minimum absolute atomic E-state index is 0.0288. The van der Waals surface area contributed by atoms with Gasteiger partial charge < -0.3 is 9.80 Å². The fourth-order valence-electron chi connectivity index (χ4n) is 5.09. The van der Waals surface area contributed by atoms with Gasteiger partial charge in [0.2, 0.25) is 5.96 Å². The zero-order valence-electron chi connectivity index (χ0n) is 21.1. The van der Waals surface area contributed by atoms with Crippen molar-refractivity contribution < 1.29 is 9.59 Å². The maximum absolute atomic E-state index is 13.7. The Morgan fingerprint density at radius 3 is 2.06 bits per heavy atom. The van der Waals surface area contributed by atoms with Gasteiger partial charge in [0.15, 0.2) is 5.78 Å². The molecule has 184 valence electrons. The molecular formula is C30H32N4O2. The first-order valence-electron chi connectivity index (χ1n) is 12.5. The third-order valence-electron chi connectivity index (χ3n) is 6.91. The van der Waals surface area contributed by atoms with Crippen LogP contribution in [0.3, 0.4) is 0 Å². The van der Waals surface area contributed by atoms with Crippen LogP contribution in [0.4, 0.5) is 11.4 Å². The van der Waals surface area contributed by atoms with Gasteiger partial charge in [-0.15, -0.1) is 0 Å². The molecule has 1 saturated heterocycles. The molecule has 36 heavy (non-hydrogen) atoms. The summed E-state index contributed by atoms with van der Waals surface area (Å²) in [5.74, 6) is 0.852. The molecule has 3 aromatic rings. The summed E-state index contributed by atoms with van der Waals surface area (Å²) >= 11 is 0. The van der Waals surface area contributed by atoms with Crippen LogP contribution in [0, 0.1) is 13.8 Å². The second kappa shape index (κ2) is 9.97. The molecule has 0 spiro atoms. The first-order valence-corrected chi connectivity index (χ1v) is 12.5. The van der Waals surface area contributed by atoms with Crippen LogP contribution in [0.25, 0.3) is 0 Å². The number of nitrogens with zero attached hydrogens (tertiary/aromatic N) is 4. The van der Waals surface area contributed by atoms with Gasteiger partial charge in [0, 0.05) is 43.9 Å². The Labute approximate surface area is 212 Å². The second-order valence-electron chi connectivity index (χ2n) is 9.73. The average molecular weight is 481 g/mol. The zero-order valence-corrected chi connectivity index (χ0v) is 21.1. The zero-order chi connectivity index (χ0) is 25.2. The first-order chi connectivity index (χ1) is 17.4. The fourth-order valence-corrected chi connectivity index (χ4v) is 5.09. The second-order valence-corrected chi connectivity index (χ2v) is 9.73. The number of benzene rings is 3. The van der Waals surface area contributed by atoms with Crippen LogP contribution in [-0.4, -0.2) is 54.8 Å². The van der Waals surface area contributed by atoms with Crippen molar-refractivity contribution in [3.8, 4) is 0 Å². The van der Waals surface area contributed by atoms with E-state index in [1.807, 2.05) is 47.4 Å². The monoisotopic (exact) mass is 480 g/mol. The SMILES string of the molecule is CC(=O)c1ccc(N2CCN(C3=NC(Cc4ccccc4)C(=O)N3c3cc(C)cc(C)c3)CC2)cc1. The van der Waals surface area contributed by atoms with Gasteiger partial charge in [-0.3, -0.25) is 9.59 Å². The average Bonchev–Trinajstić information content (AvgIpc) is 3.20. The summed E-state index contributed by atoms with van der Waals surface area (Å²) in [6.45, 7) is 8.87. The third kappa shape index (κ3) is 4.89. The summed E-state index contributed by atoms with van der Waals surface area (Å²) in [6, 6.07) is 23.7. The predicted octanol–water partition coefficient (Wildman–Crippen LogP) is 4.64. The van der Waals surface area contributed by atoms with Crippen molar-refractivity contribution in [2.45, 2.75) is 33.2 Å². The van der Waals surface area contributed by atoms with Gasteiger partial charge in [0.25, 0.3) is 5.91 Å². The highest BCUT2D eigenvalue weighted by Gasteiger charge is 2.39. The molecule has 1 fully saturated rings. The maximum atomic E-state index is 13.7. The molecule has 0 saturated carbocycles. The molecule has 1 atom stereocenters. The van der Waals surface area contributed by atoms with Gasteiger partial charge in [-0.1, -0.05) is 36.4 Å². The summed E-state index contributed by atoms with van der Waals surface area (Å²) in [5, 5.41) is 0. The summed E-state index contributed by atoms with van der Waals surface area (Å²) in [4.78, 5) is 36.7. The first kappa shape index (κ1) is 23.8. The number of aliphatic imine (C=N–C) groups is 1. The van der Waals surface area contributed by atoms with Crippen molar-refractivity contribution in [1.29, 1.82) is 0 Å². The molecule has 2 heterocycles. The Morgan fingerprint density at radius 1 is 0.833 bits per heavy atom. The Morgan fingerprint density at radius 2 is 1.44 bits per heavy atom. The minimum atomic E-state index is -0.430. The lowest BCUT2D eigenvalue weighted by atomic mass is 10.1. The number of amides is 1. The number of guanidine groups is 1. The maximum Gasteiger partial charge on any atom is 0.259 e. The largest absolute Gasteiger partial charge is 0.368 e. The summed E-state index contributed by atoms with van der Waals surface area (Å²) < 4.78 is 0. The molecule has 0 bridgehead atoms. The number of anilines is 2. The number of rotatable bonds is 5. The van der Waals surface area contributed by atoms with E-state index in [1.54, 1.807) is 6.92 Å². The van der Waals surface area contributed by atoms with Crippen LogP contribution in [0.1, 0.15) is 34.0 Å². The lowest BCUT2D eigenvalue weighted by Gasteiger charge is -2.38. The van der Waals surface area contributed by atoms with Crippen molar-refractivity contribution in [2.75, 3.05) is 36.0 Å². The number of piperazine rings is 1. The van der Waals surface area contributed by atoms with Crippen molar-refractivity contribution in [3.63, 3.8) is 0 Å². The summed E-state index contributed by atoms with van der Waals surface area (Å²) in [6.07, 6.45) is 0.590. The molecule has 6 heteroatoms. The van der Waals surface area contributed by atoms with E-state index in [1.165, 1.54) is 0 Å². The van der Waals surface area contributed by atoms with Crippen molar-refractivity contribution in [3.05, 3.63) is 95.1 Å². The van der Waals surface area contributed by atoms with E-state index < -0.39 is 6.04 Å². The highest BCUT2D eigenvalue weighted by Crippen LogP contribution is 2.28. The van der Waals surface area contributed by atoms with Gasteiger partial charge >= 0.3 is 0 Å². The van der Waals surface area contributed by atoms with Crippen LogP contribution in [-0.2, 0) is 11.2 Å². The summed E-state index contributed by atoms with van der Waals surface area (Å²) in [7, 11) is 0. The van der Waals surface area contributed by atoms with E-state index in [0.29, 0.717) is 6.42 Å². The van der Waals surface area contributed by atoms with E-state index in [0.717, 1.165) is 65.8 Å². The van der Waals surface area contributed by atoms with Crippen LogP contribution >= 0.6 is 0 Å². The molecular weight excluding hydrogens is 448 g/mol. The number of carbonyl (C=O) groups is 2. The van der Waals surface area contributed by atoms with Crippen LogP contribution in [0.2, 0.25) is 0 Å². The molecule has 2 aliphatic rings. The van der Waals surface area contributed by atoms with Crippen molar-refractivity contribution >= 4 is 29.0 Å². The fraction of sp³-hybridized carbons (Fsp3) is 0.300. The summed E-state index contributed by atoms with van der Waals surface area (Å²) in [5.41, 5.74) is 6.08. The molecule has 0 aromatic heterocycles. The minimum Gasteiger partial charge on any atom is -0.368 e. The van der Waals surface area contributed by atoms with Crippen molar-refractivity contribution in [1.82, 2.24) is 4.90 Å². The lowest BCUT2D eigenvalue weighted by molar-refractivity contribution is -0.118. The number of Topliss-reactive ketones (excluding diaryl/α,β-unsaturated/α-hetero) is 1. The standard InChI is InChI=1S/C30H32N4O2/c1-21-17-22(2)19-27(18-21)34-29(36)28(20-24-7-5-4-6-8-24)31-30(34)33-15-13-32(14-16-33)26-11-9-25(10-12-26)23(3)35/h4-12,17-19,28H,13-16,20H2,1-3H3. The molecule has 6 nitrogen and oxygen atoms in total. The smallest absolute Gasteiger partial charge is 0.259 e. The Hall–Kier alpha value is -3.93. The number of ketones is 1. The topological polar surface area (TPSA) is 56.2 Å². The molecule has 1 unspecified atom stereocenters. The van der Waals surface area contributed by atoms with Gasteiger partial charge in [0.1, 0.15) is 6.04 Å². The normalized spacial score (nSPS) is 18.0. The van der Waals surface area contributed by atoms with Crippen molar-refractivity contribution in [2.24, 2.45) is 4.99 Å². The van der Waals surface area contributed by atoms with E-state index in [2.05, 4.69) is 54.0 Å². The molecule has 0 N–H and O–H groups in total. The van der Waals surface area contributed by atoms with Crippen LogP contribution in [0.5, 0.6) is 0 Å². The van der Waals surface area contributed by atoms with Gasteiger partial charge in [-0.05, 0) is 73.9 Å². The molecule has 3 aromatic carbocycles. The molecule has 2 aliphatic heterocycles. The van der Waals surface area contributed by atoms with Crippen LogP contribution in [0.15, 0.2) is 77.8 Å². The number of aryl methyl sites for hydroxylation is 2. The van der Waals surface area contributed by atoms with Crippen LogP contribution < -0.4 is 9.80 Å². The number of carbonyl (C=O) groups excluding carboxylic acids is 2. The third-order valence-corrected chi connectivity index (χ3v) is 6.91.